The van der Waals surface area contributed by atoms with Crippen LogP contribution in [0.25, 0.3) is 0 Å². The number of carbonyl (C=O) groups is 1. The number of oxazole rings is 1. The van der Waals surface area contributed by atoms with Crippen LogP contribution in [0.1, 0.15) is 21.8 Å². The van der Waals surface area contributed by atoms with E-state index in [1.807, 2.05) is 6.07 Å². The van der Waals surface area contributed by atoms with Crippen LogP contribution in [0.4, 0.5) is 5.69 Å². The van der Waals surface area contributed by atoms with Crippen LogP contribution < -0.4 is 15.8 Å². The number of aromatic nitrogens is 1. The van der Waals surface area contributed by atoms with Crippen molar-refractivity contribution in [2.45, 2.75) is 13.5 Å². The molecule has 0 saturated carbocycles. The molecule has 0 aliphatic heterocycles. The summed E-state index contributed by atoms with van der Waals surface area (Å²) in [7, 11) is 1.56. The summed E-state index contributed by atoms with van der Waals surface area (Å²) in [5.41, 5.74) is 7.76. The highest BCUT2D eigenvalue weighted by Gasteiger charge is 2.13. The zero-order valence-corrected chi connectivity index (χ0v) is 10.8. The minimum absolute atomic E-state index is 0.224. The maximum atomic E-state index is 11.8. The molecular formula is C13H15N3O3. The fourth-order valence-corrected chi connectivity index (χ4v) is 1.68. The molecule has 6 nitrogen and oxygen atoms in total. The van der Waals surface area contributed by atoms with Crippen molar-refractivity contribution in [3.05, 3.63) is 41.6 Å². The minimum atomic E-state index is -0.301. The second-order valence-electron chi connectivity index (χ2n) is 4.03. The van der Waals surface area contributed by atoms with Gasteiger partial charge in [0.05, 0.1) is 18.5 Å². The average Bonchev–Trinajstić information content (AvgIpc) is 2.82. The van der Waals surface area contributed by atoms with E-state index in [0.717, 1.165) is 5.56 Å². The van der Waals surface area contributed by atoms with Crippen LogP contribution in [0.5, 0.6) is 5.75 Å². The summed E-state index contributed by atoms with van der Waals surface area (Å²) in [6.07, 6.45) is 1.25. The topological polar surface area (TPSA) is 90.4 Å². The molecular weight excluding hydrogens is 246 g/mol. The maximum Gasteiger partial charge on any atom is 0.289 e. The van der Waals surface area contributed by atoms with Crippen molar-refractivity contribution in [1.82, 2.24) is 10.3 Å². The van der Waals surface area contributed by atoms with E-state index in [-0.39, 0.29) is 11.7 Å². The van der Waals surface area contributed by atoms with E-state index in [4.69, 9.17) is 14.9 Å². The molecule has 0 aliphatic carbocycles. The SMILES string of the molecule is COc1ccc(CNC(=O)c2ocnc2C)cc1N. The zero-order valence-electron chi connectivity index (χ0n) is 10.8. The molecule has 1 aromatic carbocycles. The van der Waals surface area contributed by atoms with Crippen LogP contribution in [0, 0.1) is 6.92 Å². The Kier molecular flexibility index (Phi) is 3.70. The van der Waals surface area contributed by atoms with E-state index < -0.39 is 0 Å². The number of carbonyl (C=O) groups excluding carboxylic acids is 1. The van der Waals surface area contributed by atoms with Gasteiger partial charge in [-0.1, -0.05) is 6.07 Å². The number of hydrogen-bond acceptors (Lipinski definition) is 5. The van der Waals surface area contributed by atoms with E-state index in [1.54, 1.807) is 26.2 Å². The predicted octanol–water partition coefficient (Wildman–Crippen LogP) is 1.50. The van der Waals surface area contributed by atoms with Crippen molar-refractivity contribution in [2.24, 2.45) is 0 Å². The standard InChI is InChI=1S/C13H15N3O3/c1-8-12(19-7-16-8)13(17)15-6-9-3-4-11(18-2)10(14)5-9/h3-5,7H,6,14H2,1-2H3,(H,15,17). The lowest BCUT2D eigenvalue weighted by molar-refractivity contribution is 0.0922. The molecule has 19 heavy (non-hydrogen) atoms. The predicted molar refractivity (Wildman–Crippen MR) is 69.8 cm³/mol. The third-order valence-corrected chi connectivity index (χ3v) is 2.70. The molecule has 0 fully saturated rings. The van der Waals surface area contributed by atoms with Crippen molar-refractivity contribution in [3.8, 4) is 5.75 Å². The first-order chi connectivity index (χ1) is 9.11. The van der Waals surface area contributed by atoms with Crippen molar-refractivity contribution in [3.63, 3.8) is 0 Å². The number of amides is 1. The molecule has 0 atom stereocenters. The highest BCUT2D eigenvalue weighted by Crippen LogP contribution is 2.21. The summed E-state index contributed by atoms with van der Waals surface area (Å²) in [6, 6.07) is 5.35. The Morgan fingerprint density at radius 2 is 2.32 bits per heavy atom. The molecule has 0 radical (unpaired) electrons. The van der Waals surface area contributed by atoms with Gasteiger partial charge >= 0.3 is 0 Å². The maximum absolute atomic E-state index is 11.8. The summed E-state index contributed by atoms with van der Waals surface area (Å²) in [6.45, 7) is 2.07. The number of benzene rings is 1. The highest BCUT2D eigenvalue weighted by atomic mass is 16.5. The lowest BCUT2D eigenvalue weighted by atomic mass is 10.2. The molecule has 0 aliphatic rings. The molecule has 0 bridgehead atoms. The largest absolute Gasteiger partial charge is 0.495 e. The quantitative estimate of drug-likeness (QED) is 0.814. The van der Waals surface area contributed by atoms with Gasteiger partial charge in [-0.05, 0) is 24.6 Å². The number of rotatable bonds is 4. The average molecular weight is 261 g/mol. The molecule has 0 spiro atoms. The molecule has 0 saturated heterocycles. The van der Waals surface area contributed by atoms with Gasteiger partial charge in [-0.2, -0.15) is 0 Å². The minimum Gasteiger partial charge on any atom is -0.495 e. The Labute approximate surface area is 110 Å². The number of nitrogen functional groups attached to an aromatic ring is 1. The fraction of sp³-hybridized carbons (Fsp3) is 0.231. The second kappa shape index (κ2) is 5.43. The Hall–Kier alpha value is -2.50. The van der Waals surface area contributed by atoms with Crippen LogP contribution in [0.2, 0.25) is 0 Å². The van der Waals surface area contributed by atoms with Crippen LogP contribution in [0.3, 0.4) is 0 Å². The van der Waals surface area contributed by atoms with Gasteiger partial charge in [0.1, 0.15) is 5.75 Å². The number of methoxy groups -OCH3 is 1. The lowest BCUT2D eigenvalue weighted by Gasteiger charge is -2.08. The van der Waals surface area contributed by atoms with E-state index in [9.17, 15) is 4.79 Å². The van der Waals surface area contributed by atoms with Crippen molar-refractivity contribution < 1.29 is 13.9 Å². The van der Waals surface area contributed by atoms with Gasteiger partial charge in [-0.25, -0.2) is 4.98 Å². The van der Waals surface area contributed by atoms with Crippen LogP contribution in [-0.4, -0.2) is 18.0 Å². The van der Waals surface area contributed by atoms with E-state index in [0.29, 0.717) is 23.7 Å². The van der Waals surface area contributed by atoms with Gasteiger partial charge in [-0.15, -0.1) is 0 Å². The second-order valence-corrected chi connectivity index (χ2v) is 4.03. The number of nitrogens with one attached hydrogen (secondary N) is 1. The first kappa shape index (κ1) is 12.9. The molecule has 1 heterocycles. The van der Waals surface area contributed by atoms with E-state index in [2.05, 4.69) is 10.3 Å². The number of nitrogens with zero attached hydrogens (tertiary/aromatic N) is 1. The fourth-order valence-electron chi connectivity index (χ4n) is 1.68. The number of nitrogens with two attached hydrogens (primary N) is 1. The number of hydrogen-bond donors (Lipinski definition) is 2. The van der Waals surface area contributed by atoms with Crippen LogP contribution in [-0.2, 0) is 6.54 Å². The third-order valence-electron chi connectivity index (χ3n) is 2.70. The van der Waals surface area contributed by atoms with Crippen molar-refractivity contribution >= 4 is 11.6 Å². The molecule has 3 N–H and O–H groups in total. The Balaban J connectivity index is 2.01. The molecule has 1 aromatic heterocycles. The van der Waals surface area contributed by atoms with E-state index in [1.165, 1.54) is 6.39 Å². The first-order valence-electron chi connectivity index (χ1n) is 5.72. The van der Waals surface area contributed by atoms with Gasteiger partial charge in [0.2, 0.25) is 5.76 Å². The van der Waals surface area contributed by atoms with E-state index >= 15 is 0 Å². The molecule has 100 valence electrons. The van der Waals surface area contributed by atoms with Crippen molar-refractivity contribution in [2.75, 3.05) is 12.8 Å². The summed E-state index contributed by atoms with van der Waals surface area (Å²) in [5.74, 6) is 0.534. The normalized spacial score (nSPS) is 10.2. The molecule has 0 unspecified atom stereocenters. The third kappa shape index (κ3) is 2.85. The highest BCUT2D eigenvalue weighted by molar-refractivity contribution is 5.92. The Bertz CT molecular complexity index is 593. The summed E-state index contributed by atoms with van der Waals surface area (Å²) >= 11 is 0. The number of anilines is 1. The summed E-state index contributed by atoms with van der Waals surface area (Å²) in [5, 5.41) is 2.74. The molecule has 6 heteroatoms. The summed E-state index contributed by atoms with van der Waals surface area (Å²) in [4.78, 5) is 15.7. The van der Waals surface area contributed by atoms with Gasteiger partial charge in [-0.3, -0.25) is 4.79 Å². The zero-order chi connectivity index (χ0) is 13.8. The number of ether oxygens (including phenoxy) is 1. The van der Waals surface area contributed by atoms with Crippen molar-refractivity contribution in [1.29, 1.82) is 0 Å². The summed E-state index contributed by atoms with van der Waals surface area (Å²) < 4.78 is 10.1. The first-order valence-corrected chi connectivity index (χ1v) is 5.72. The van der Waals surface area contributed by atoms with Gasteiger partial charge in [0, 0.05) is 6.54 Å². The molecule has 2 aromatic rings. The van der Waals surface area contributed by atoms with Crippen LogP contribution >= 0.6 is 0 Å². The molecule has 1 amide bonds. The Morgan fingerprint density at radius 1 is 1.53 bits per heavy atom. The lowest BCUT2D eigenvalue weighted by Crippen LogP contribution is -2.23. The Morgan fingerprint density at radius 3 is 2.89 bits per heavy atom. The van der Waals surface area contributed by atoms with Crippen LogP contribution in [0.15, 0.2) is 29.0 Å². The smallest absolute Gasteiger partial charge is 0.289 e. The van der Waals surface area contributed by atoms with Gasteiger partial charge in [0.15, 0.2) is 6.39 Å². The molecule has 2 rings (SSSR count). The number of aryl methyl sites for hydroxylation is 1. The van der Waals surface area contributed by atoms with Gasteiger partial charge in [0.25, 0.3) is 5.91 Å². The monoisotopic (exact) mass is 261 g/mol. The van der Waals surface area contributed by atoms with Gasteiger partial charge < -0.3 is 20.2 Å².